The van der Waals surface area contributed by atoms with Crippen LogP contribution >= 0.6 is 0 Å². The third-order valence-electron chi connectivity index (χ3n) is 5.45. The molecule has 142 valence electrons. The zero-order valence-corrected chi connectivity index (χ0v) is 15.6. The molecule has 2 atom stereocenters. The molecule has 3 N–H and O–H groups in total. The number of nitrogens with zero attached hydrogens (tertiary/aromatic N) is 1. The summed E-state index contributed by atoms with van der Waals surface area (Å²) in [6.45, 7) is 2.73. The first kappa shape index (κ1) is 18.5. The molecule has 1 aromatic carbocycles. The molecule has 2 unspecified atom stereocenters. The lowest BCUT2D eigenvalue weighted by atomic mass is 9.94. The summed E-state index contributed by atoms with van der Waals surface area (Å²) < 4.78 is 10.5. The number of ether oxygens (including phenoxy) is 2. The van der Waals surface area contributed by atoms with Crippen molar-refractivity contribution in [2.45, 2.75) is 31.7 Å². The fourth-order valence-electron chi connectivity index (χ4n) is 3.50. The maximum Gasteiger partial charge on any atom is 0.227 e. The van der Waals surface area contributed by atoms with Gasteiger partial charge in [0.1, 0.15) is 11.5 Å². The number of hydrogen-bond donors (Lipinski definition) is 2. The highest BCUT2D eigenvalue weighted by molar-refractivity contribution is 6.00. The van der Waals surface area contributed by atoms with Gasteiger partial charge < -0.3 is 25.4 Å². The molecule has 1 saturated heterocycles. The summed E-state index contributed by atoms with van der Waals surface area (Å²) in [5.74, 6) is 1.07. The Kier molecular flexibility index (Phi) is 5.09. The zero-order chi connectivity index (χ0) is 18.9. The first-order valence-corrected chi connectivity index (χ1v) is 8.95. The van der Waals surface area contributed by atoms with Crippen LogP contribution in [0.2, 0.25) is 0 Å². The van der Waals surface area contributed by atoms with E-state index in [1.165, 1.54) is 0 Å². The molecular formula is C19H27N3O4. The van der Waals surface area contributed by atoms with Gasteiger partial charge >= 0.3 is 0 Å². The number of rotatable bonds is 7. The normalized spacial score (nSPS) is 22.1. The summed E-state index contributed by atoms with van der Waals surface area (Å²) in [7, 11) is 3.12. The van der Waals surface area contributed by atoms with Crippen LogP contribution in [-0.4, -0.2) is 44.7 Å². The molecule has 1 aliphatic heterocycles. The Morgan fingerprint density at radius 2 is 1.88 bits per heavy atom. The molecule has 7 nitrogen and oxygen atoms in total. The van der Waals surface area contributed by atoms with Crippen LogP contribution in [0.5, 0.6) is 11.5 Å². The van der Waals surface area contributed by atoms with Crippen molar-refractivity contribution in [1.82, 2.24) is 5.32 Å². The van der Waals surface area contributed by atoms with Crippen LogP contribution in [0.15, 0.2) is 18.2 Å². The molecule has 1 heterocycles. The van der Waals surface area contributed by atoms with Gasteiger partial charge in [0.15, 0.2) is 0 Å². The van der Waals surface area contributed by atoms with Crippen molar-refractivity contribution in [2.24, 2.45) is 17.6 Å². The number of nitrogens with two attached hydrogens (primary N) is 1. The van der Waals surface area contributed by atoms with Gasteiger partial charge in [-0.05, 0) is 25.7 Å². The van der Waals surface area contributed by atoms with Gasteiger partial charge in [0.2, 0.25) is 11.8 Å². The smallest absolute Gasteiger partial charge is 0.227 e. The molecule has 3 rings (SSSR count). The van der Waals surface area contributed by atoms with Gasteiger partial charge in [-0.1, -0.05) is 0 Å². The predicted molar refractivity (Wildman–Crippen MR) is 98.3 cm³/mol. The lowest BCUT2D eigenvalue weighted by Gasteiger charge is -2.30. The summed E-state index contributed by atoms with van der Waals surface area (Å²) in [6.07, 6.45) is 2.37. The SMILES string of the molecule is COc1cc(OC)cc(N2CC(C(=O)NC(C)(CN)C3CC3)CC2=O)c1. The van der Waals surface area contributed by atoms with E-state index in [9.17, 15) is 9.59 Å². The molecule has 1 aliphatic carbocycles. The van der Waals surface area contributed by atoms with Crippen LogP contribution in [0.4, 0.5) is 5.69 Å². The fraction of sp³-hybridized carbons (Fsp3) is 0.579. The second kappa shape index (κ2) is 7.15. The van der Waals surface area contributed by atoms with E-state index in [1.54, 1.807) is 37.3 Å². The zero-order valence-electron chi connectivity index (χ0n) is 15.6. The van der Waals surface area contributed by atoms with Gasteiger partial charge in [-0.25, -0.2) is 0 Å². The van der Waals surface area contributed by atoms with E-state index < -0.39 is 0 Å². The molecular weight excluding hydrogens is 334 g/mol. The van der Waals surface area contributed by atoms with Crippen molar-refractivity contribution in [2.75, 3.05) is 32.2 Å². The number of carbonyl (C=O) groups is 2. The van der Waals surface area contributed by atoms with Crippen LogP contribution in [0.25, 0.3) is 0 Å². The quantitative estimate of drug-likeness (QED) is 0.763. The molecule has 26 heavy (non-hydrogen) atoms. The third-order valence-corrected chi connectivity index (χ3v) is 5.45. The van der Waals surface area contributed by atoms with Crippen molar-refractivity contribution >= 4 is 17.5 Å². The van der Waals surface area contributed by atoms with Crippen molar-refractivity contribution in [3.8, 4) is 11.5 Å². The van der Waals surface area contributed by atoms with Crippen LogP contribution in [0, 0.1) is 11.8 Å². The Morgan fingerprint density at radius 1 is 1.27 bits per heavy atom. The van der Waals surface area contributed by atoms with Crippen LogP contribution < -0.4 is 25.4 Å². The van der Waals surface area contributed by atoms with Crippen LogP contribution in [-0.2, 0) is 9.59 Å². The second-order valence-corrected chi connectivity index (χ2v) is 7.36. The van der Waals surface area contributed by atoms with Gasteiger partial charge in [-0.15, -0.1) is 0 Å². The highest BCUT2D eigenvalue weighted by Gasteiger charge is 2.44. The number of benzene rings is 1. The molecule has 0 aromatic heterocycles. The monoisotopic (exact) mass is 361 g/mol. The van der Waals surface area contributed by atoms with Crippen molar-refractivity contribution in [1.29, 1.82) is 0 Å². The molecule has 2 fully saturated rings. The van der Waals surface area contributed by atoms with Crippen LogP contribution in [0.3, 0.4) is 0 Å². The first-order chi connectivity index (χ1) is 12.4. The summed E-state index contributed by atoms with van der Waals surface area (Å²) in [6, 6.07) is 5.29. The van der Waals surface area contributed by atoms with Crippen LogP contribution in [0.1, 0.15) is 26.2 Å². The second-order valence-electron chi connectivity index (χ2n) is 7.36. The Balaban J connectivity index is 1.73. The standard InChI is InChI=1S/C19H27N3O4/c1-19(11-20,13-4-5-13)21-18(24)12-6-17(23)22(10-12)14-7-15(25-2)9-16(8-14)26-3/h7-9,12-13H,4-6,10-11,20H2,1-3H3,(H,21,24). The summed E-state index contributed by atoms with van der Waals surface area (Å²) in [5.41, 5.74) is 6.17. The number of anilines is 1. The summed E-state index contributed by atoms with van der Waals surface area (Å²) in [4.78, 5) is 26.9. The lowest BCUT2D eigenvalue weighted by Crippen LogP contribution is -2.54. The Bertz CT molecular complexity index is 682. The van der Waals surface area contributed by atoms with Gasteiger partial charge in [-0.3, -0.25) is 9.59 Å². The number of amides is 2. The Labute approximate surface area is 153 Å². The molecule has 1 aromatic rings. The average Bonchev–Trinajstić information content (AvgIpc) is 3.43. The fourth-order valence-corrected chi connectivity index (χ4v) is 3.50. The van der Waals surface area contributed by atoms with Crippen molar-refractivity contribution < 1.29 is 19.1 Å². The van der Waals surface area contributed by atoms with E-state index in [1.807, 2.05) is 6.92 Å². The predicted octanol–water partition coefficient (Wildman–Crippen LogP) is 1.30. The summed E-state index contributed by atoms with van der Waals surface area (Å²) >= 11 is 0. The highest BCUT2D eigenvalue weighted by Crippen LogP contribution is 2.39. The van der Waals surface area contributed by atoms with E-state index in [-0.39, 0.29) is 29.7 Å². The minimum Gasteiger partial charge on any atom is -0.497 e. The Hall–Kier alpha value is -2.28. The van der Waals surface area contributed by atoms with Crippen molar-refractivity contribution in [3.63, 3.8) is 0 Å². The average molecular weight is 361 g/mol. The molecule has 7 heteroatoms. The molecule has 2 aliphatic rings. The van der Waals surface area contributed by atoms with E-state index in [0.717, 1.165) is 12.8 Å². The van der Waals surface area contributed by atoms with E-state index >= 15 is 0 Å². The summed E-state index contributed by atoms with van der Waals surface area (Å²) in [5, 5.41) is 3.09. The molecule has 0 radical (unpaired) electrons. The maximum absolute atomic E-state index is 12.7. The lowest BCUT2D eigenvalue weighted by molar-refractivity contribution is -0.128. The van der Waals surface area contributed by atoms with Gasteiger partial charge in [-0.2, -0.15) is 0 Å². The third kappa shape index (κ3) is 3.62. The van der Waals surface area contributed by atoms with E-state index in [0.29, 0.717) is 36.2 Å². The van der Waals surface area contributed by atoms with Gasteiger partial charge in [0.25, 0.3) is 0 Å². The minimum atomic E-state index is -0.385. The molecule has 1 saturated carbocycles. The number of hydrogen-bond acceptors (Lipinski definition) is 5. The Morgan fingerprint density at radius 3 is 2.38 bits per heavy atom. The van der Waals surface area contributed by atoms with Gasteiger partial charge in [0, 0.05) is 37.7 Å². The molecule has 0 bridgehead atoms. The van der Waals surface area contributed by atoms with E-state index in [4.69, 9.17) is 15.2 Å². The largest absolute Gasteiger partial charge is 0.497 e. The molecule has 0 spiro atoms. The van der Waals surface area contributed by atoms with Crippen molar-refractivity contribution in [3.05, 3.63) is 18.2 Å². The number of nitrogens with one attached hydrogen (secondary N) is 1. The molecule has 2 amide bonds. The topological polar surface area (TPSA) is 93.9 Å². The number of carbonyl (C=O) groups excluding carboxylic acids is 2. The maximum atomic E-state index is 12.7. The minimum absolute atomic E-state index is 0.0821. The van der Waals surface area contributed by atoms with E-state index in [2.05, 4.69) is 5.32 Å². The highest BCUT2D eigenvalue weighted by atomic mass is 16.5. The number of methoxy groups -OCH3 is 2. The first-order valence-electron chi connectivity index (χ1n) is 8.95. The van der Waals surface area contributed by atoms with Gasteiger partial charge in [0.05, 0.1) is 31.4 Å².